The fourth-order valence-electron chi connectivity index (χ4n) is 2.17. The number of rotatable bonds is 4. The van der Waals surface area contributed by atoms with Gasteiger partial charge in [0.15, 0.2) is 0 Å². The van der Waals surface area contributed by atoms with Crippen molar-refractivity contribution >= 4 is 5.97 Å². The molecule has 1 heterocycles. The Morgan fingerprint density at radius 1 is 1.41 bits per heavy atom. The molecule has 0 radical (unpaired) electrons. The number of hydrogen-bond acceptors (Lipinski definition) is 3. The number of likely N-dealkylation sites (tertiary alicyclic amines) is 1. The van der Waals surface area contributed by atoms with Crippen LogP contribution < -0.4 is 0 Å². The second kappa shape index (κ2) is 6.20. The van der Waals surface area contributed by atoms with Gasteiger partial charge in [0.25, 0.3) is 0 Å². The zero-order valence-electron chi connectivity index (χ0n) is 11.4. The van der Waals surface area contributed by atoms with E-state index in [-0.39, 0.29) is 11.6 Å². The highest BCUT2D eigenvalue weighted by Crippen LogP contribution is 2.20. The van der Waals surface area contributed by atoms with Gasteiger partial charge < -0.3 is 4.74 Å². The lowest BCUT2D eigenvalue weighted by atomic mass is 9.94. The van der Waals surface area contributed by atoms with E-state index >= 15 is 0 Å². The van der Waals surface area contributed by atoms with E-state index in [1.807, 2.05) is 26.8 Å². The molecule has 0 N–H and O–H groups in total. The third-order valence-electron chi connectivity index (χ3n) is 2.98. The van der Waals surface area contributed by atoms with Crippen molar-refractivity contribution in [3.8, 4) is 0 Å². The Morgan fingerprint density at radius 2 is 2.00 bits per heavy atom. The maximum absolute atomic E-state index is 11.7. The summed E-state index contributed by atoms with van der Waals surface area (Å²) in [6.07, 6.45) is 5.41. The molecule has 3 nitrogen and oxygen atoms in total. The molecule has 1 aliphatic rings. The number of esters is 1. The van der Waals surface area contributed by atoms with Crippen LogP contribution in [0.15, 0.2) is 12.7 Å². The third-order valence-corrected chi connectivity index (χ3v) is 2.98. The molecule has 0 spiro atoms. The summed E-state index contributed by atoms with van der Waals surface area (Å²) in [5, 5.41) is 0. The summed E-state index contributed by atoms with van der Waals surface area (Å²) >= 11 is 0. The van der Waals surface area contributed by atoms with Crippen molar-refractivity contribution in [1.82, 2.24) is 4.90 Å². The minimum absolute atomic E-state index is 0.111. The van der Waals surface area contributed by atoms with Crippen molar-refractivity contribution in [2.24, 2.45) is 5.92 Å². The lowest BCUT2D eigenvalue weighted by molar-refractivity contribution is -0.156. The standard InChI is InChI=1S/C14H25NO2/c1-5-6-12-7-9-15(10-8-12)11-13(16)17-14(2,3)4/h5,12H,1,6-11H2,2-4H3. The summed E-state index contributed by atoms with van der Waals surface area (Å²) in [7, 11) is 0. The number of piperidine rings is 1. The Balaban J connectivity index is 2.26. The molecule has 1 aliphatic heterocycles. The molecule has 1 rings (SSSR count). The molecular formula is C14H25NO2. The molecule has 0 atom stereocenters. The van der Waals surface area contributed by atoms with Gasteiger partial charge in [0.1, 0.15) is 5.60 Å². The van der Waals surface area contributed by atoms with E-state index in [2.05, 4.69) is 11.5 Å². The average molecular weight is 239 g/mol. The van der Waals surface area contributed by atoms with Gasteiger partial charge in [-0.2, -0.15) is 0 Å². The van der Waals surface area contributed by atoms with Gasteiger partial charge in [0.05, 0.1) is 6.54 Å². The van der Waals surface area contributed by atoms with Crippen LogP contribution in [0.1, 0.15) is 40.0 Å². The van der Waals surface area contributed by atoms with Crippen LogP contribution in [0.25, 0.3) is 0 Å². The lowest BCUT2D eigenvalue weighted by Crippen LogP contribution is -2.39. The van der Waals surface area contributed by atoms with E-state index in [0.717, 1.165) is 38.3 Å². The second-order valence-electron chi connectivity index (χ2n) is 5.83. The summed E-state index contributed by atoms with van der Waals surface area (Å²) in [6, 6.07) is 0. The number of carbonyl (C=O) groups excluding carboxylic acids is 1. The third kappa shape index (κ3) is 5.87. The van der Waals surface area contributed by atoms with Crippen molar-refractivity contribution in [1.29, 1.82) is 0 Å². The van der Waals surface area contributed by atoms with Crippen LogP contribution >= 0.6 is 0 Å². The SMILES string of the molecule is C=CCC1CCN(CC(=O)OC(C)(C)C)CC1. The fraction of sp³-hybridized carbons (Fsp3) is 0.786. The topological polar surface area (TPSA) is 29.5 Å². The zero-order chi connectivity index (χ0) is 12.9. The van der Waals surface area contributed by atoms with Gasteiger partial charge in [-0.3, -0.25) is 9.69 Å². The molecule has 0 bridgehead atoms. The van der Waals surface area contributed by atoms with E-state index < -0.39 is 0 Å². The summed E-state index contributed by atoms with van der Waals surface area (Å²) in [6.45, 7) is 11.9. The molecule has 1 saturated heterocycles. The van der Waals surface area contributed by atoms with E-state index in [4.69, 9.17) is 4.74 Å². The first-order valence-corrected chi connectivity index (χ1v) is 6.46. The Kier molecular flexibility index (Phi) is 5.19. The van der Waals surface area contributed by atoms with Crippen LogP contribution in [0.2, 0.25) is 0 Å². The maximum atomic E-state index is 11.7. The first-order chi connectivity index (χ1) is 7.90. The molecule has 0 unspecified atom stereocenters. The highest BCUT2D eigenvalue weighted by Gasteiger charge is 2.22. The smallest absolute Gasteiger partial charge is 0.320 e. The van der Waals surface area contributed by atoms with E-state index in [1.54, 1.807) is 0 Å². The van der Waals surface area contributed by atoms with Crippen molar-refractivity contribution in [2.75, 3.05) is 19.6 Å². The number of carbonyl (C=O) groups is 1. The number of nitrogens with zero attached hydrogens (tertiary/aromatic N) is 1. The summed E-state index contributed by atoms with van der Waals surface area (Å²) in [5.41, 5.74) is -0.377. The normalized spacial score (nSPS) is 19.0. The van der Waals surface area contributed by atoms with Crippen LogP contribution in [0, 0.1) is 5.92 Å². The summed E-state index contributed by atoms with van der Waals surface area (Å²) < 4.78 is 5.32. The monoisotopic (exact) mass is 239 g/mol. The second-order valence-corrected chi connectivity index (χ2v) is 5.83. The van der Waals surface area contributed by atoms with Crippen molar-refractivity contribution in [3.05, 3.63) is 12.7 Å². The average Bonchev–Trinajstić information content (AvgIpc) is 2.18. The highest BCUT2D eigenvalue weighted by molar-refractivity contribution is 5.72. The Hall–Kier alpha value is -0.830. The number of ether oxygens (including phenoxy) is 1. The molecule has 0 saturated carbocycles. The molecule has 1 fully saturated rings. The maximum Gasteiger partial charge on any atom is 0.320 e. The van der Waals surface area contributed by atoms with E-state index in [1.165, 1.54) is 0 Å². The first kappa shape index (κ1) is 14.2. The Bertz CT molecular complexity index is 260. The highest BCUT2D eigenvalue weighted by atomic mass is 16.6. The molecule has 3 heteroatoms. The first-order valence-electron chi connectivity index (χ1n) is 6.46. The largest absolute Gasteiger partial charge is 0.459 e. The van der Waals surface area contributed by atoms with Crippen LogP contribution in [-0.2, 0) is 9.53 Å². The van der Waals surface area contributed by atoms with Crippen molar-refractivity contribution in [3.63, 3.8) is 0 Å². The van der Waals surface area contributed by atoms with Gasteiger partial charge in [-0.1, -0.05) is 6.08 Å². The van der Waals surface area contributed by atoms with Gasteiger partial charge in [-0.15, -0.1) is 6.58 Å². The zero-order valence-corrected chi connectivity index (χ0v) is 11.4. The predicted molar refractivity (Wildman–Crippen MR) is 69.8 cm³/mol. The van der Waals surface area contributed by atoms with Gasteiger partial charge in [-0.25, -0.2) is 0 Å². The molecule has 0 aromatic heterocycles. The minimum Gasteiger partial charge on any atom is -0.459 e. The number of allylic oxidation sites excluding steroid dienone is 1. The van der Waals surface area contributed by atoms with Crippen LogP contribution in [0.3, 0.4) is 0 Å². The van der Waals surface area contributed by atoms with Crippen molar-refractivity contribution < 1.29 is 9.53 Å². The lowest BCUT2D eigenvalue weighted by Gasteiger charge is -2.31. The Morgan fingerprint density at radius 3 is 2.47 bits per heavy atom. The van der Waals surface area contributed by atoms with Gasteiger partial charge in [0, 0.05) is 0 Å². The number of hydrogen-bond donors (Lipinski definition) is 0. The Labute approximate surface area is 105 Å². The fourth-order valence-corrected chi connectivity index (χ4v) is 2.17. The molecule has 0 aliphatic carbocycles. The molecule has 0 aromatic carbocycles. The molecule has 98 valence electrons. The van der Waals surface area contributed by atoms with Crippen molar-refractivity contribution in [2.45, 2.75) is 45.6 Å². The molecule has 17 heavy (non-hydrogen) atoms. The van der Waals surface area contributed by atoms with Gasteiger partial charge >= 0.3 is 5.97 Å². The minimum atomic E-state index is -0.377. The predicted octanol–water partition coefficient (Wildman–Crippen LogP) is 2.62. The van der Waals surface area contributed by atoms with E-state index in [0.29, 0.717) is 6.54 Å². The van der Waals surface area contributed by atoms with Crippen LogP contribution in [0.5, 0.6) is 0 Å². The van der Waals surface area contributed by atoms with Crippen LogP contribution in [0.4, 0.5) is 0 Å². The quantitative estimate of drug-likeness (QED) is 0.558. The summed E-state index contributed by atoms with van der Waals surface area (Å²) in [5.74, 6) is 0.641. The summed E-state index contributed by atoms with van der Waals surface area (Å²) in [4.78, 5) is 13.8. The van der Waals surface area contributed by atoms with Gasteiger partial charge in [-0.05, 0) is 59.0 Å². The molecule has 0 aromatic rings. The molecule has 0 amide bonds. The van der Waals surface area contributed by atoms with Gasteiger partial charge in [0.2, 0.25) is 0 Å². The molecular weight excluding hydrogens is 214 g/mol. The van der Waals surface area contributed by atoms with E-state index in [9.17, 15) is 4.79 Å². The van der Waals surface area contributed by atoms with Crippen LogP contribution in [-0.4, -0.2) is 36.1 Å².